The van der Waals surface area contributed by atoms with Crippen LogP contribution in [0.5, 0.6) is 0 Å². The lowest BCUT2D eigenvalue weighted by molar-refractivity contribution is 0.186. The van der Waals surface area contributed by atoms with Crippen LogP contribution in [0.4, 0.5) is 4.79 Å². The van der Waals surface area contributed by atoms with E-state index in [9.17, 15) is 4.79 Å². The van der Waals surface area contributed by atoms with Crippen molar-refractivity contribution in [2.75, 3.05) is 31.1 Å². The molecule has 0 aromatic heterocycles. The van der Waals surface area contributed by atoms with Crippen LogP contribution in [0.15, 0.2) is 0 Å². The first-order chi connectivity index (χ1) is 7.74. The van der Waals surface area contributed by atoms with Gasteiger partial charge >= 0.3 is 6.03 Å². The van der Waals surface area contributed by atoms with Crippen LogP contribution in [0.1, 0.15) is 12.8 Å². The van der Waals surface area contributed by atoms with Crippen LogP contribution >= 0.6 is 11.8 Å². The number of terminal acetylenes is 1. The first kappa shape index (κ1) is 13.2. The number of nitrogens with two attached hydrogens (primary N) is 1. The summed E-state index contributed by atoms with van der Waals surface area (Å²) in [7, 11) is 0. The van der Waals surface area contributed by atoms with Crippen molar-refractivity contribution in [3.63, 3.8) is 0 Å². The van der Waals surface area contributed by atoms with Gasteiger partial charge in [-0.1, -0.05) is 5.92 Å². The van der Waals surface area contributed by atoms with Gasteiger partial charge in [-0.3, -0.25) is 0 Å². The van der Waals surface area contributed by atoms with E-state index in [1.165, 1.54) is 0 Å². The summed E-state index contributed by atoms with van der Waals surface area (Å²) >= 11 is 1.76. The quantitative estimate of drug-likeness (QED) is 0.544. The van der Waals surface area contributed by atoms with Gasteiger partial charge in [0.25, 0.3) is 0 Å². The van der Waals surface area contributed by atoms with E-state index in [4.69, 9.17) is 12.2 Å². The standard InChI is InChI=1S/C11H19N3OS/c1-2-8-16-9-5-13-10-3-6-14(7-4-10)11(12)15/h1,10,13H,3-9H2,(H2,12,15). The summed E-state index contributed by atoms with van der Waals surface area (Å²) in [6.07, 6.45) is 7.13. The number of likely N-dealkylation sites (tertiary alicyclic amines) is 1. The molecule has 0 atom stereocenters. The lowest BCUT2D eigenvalue weighted by Gasteiger charge is -2.31. The number of urea groups is 1. The van der Waals surface area contributed by atoms with Crippen molar-refractivity contribution in [3.8, 4) is 12.3 Å². The SMILES string of the molecule is C#CCSCCNC1CCN(C(N)=O)CC1. The topological polar surface area (TPSA) is 58.4 Å². The number of hydrogen-bond acceptors (Lipinski definition) is 3. The summed E-state index contributed by atoms with van der Waals surface area (Å²) in [4.78, 5) is 12.6. The molecular formula is C11H19N3OS. The maximum atomic E-state index is 10.9. The lowest BCUT2D eigenvalue weighted by Crippen LogP contribution is -2.47. The fourth-order valence-electron chi connectivity index (χ4n) is 1.77. The number of carbonyl (C=O) groups excluding carboxylic acids is 1. The van der Waals surface area contributed by atoms with E-state index in [1.54, 1.807) is 16.7 Å². The second kappa shape index (κ2) is 7.42. The minimum atomic E-state index is -0.303. The molecule has 1 aliphatic heterocycles. The highest BCUT2D eigenvalue weighted by Crippen LogP contribution is 2.09. The molecule has 0 bridgehead atoms. The first-order valence-electron chi connectivity index (χ1n) is 5.53. The molecule has 1 aliphatic rings. The summed E-state index contributed by atoms with van der Waals surface area (Å²) in [5.74, 6) is 4.42. The highest BCUT2D eigenvalue weighted by atomic mass is 32.2. The molecule has 1 saturated heterocycles. The number of rotatable bonds is 5. The molecule has 1 heterocycles. The predicted octanol–water partition coefficient (Wildman–Crippen LogP) is 0.485. The van der Waals surface area contributed by atoms with Crippen LogP contribution in [-0.4, -0.2) is 48.1 Å². The molecule has 90 valence electrons. The Morgan fingerprint density at radius 3 is 2.81 bits per heavy atom. The van der Waals surface area contributed by atoms with Crippen LogP contribution in [0.2, 0.25) is 0 Å². The largest absolute Gasteiger partial charge is 0.351 e. The summed E-state index contributed by atoms with van der Waals surface area (Å²) < 4.78 is 0. The molecule has 0 radical (unpaired) electrons. The number of nitrogens with zero attached hydrogens (tertiary/aromatic N) is 1. The maximum absolute atomic E-state index is 10.9. The second-order valence-electron chi connectivity index (χ2n) is 3.81. The van der Waals surface area contributed by atoms with Crippen molar-refractivity contribution in [1.29, 1.82) is 0 Å². The number of hydrogen-bond donors (Lipinski definition) is 2. The molecule has 0 unspecified atom stereocenters. The smallest absolute Gasteiger partial charge is 0.314 e. The Morgan fingerprint density at radius 1 is 1.56 bits per heavy atom. The summed E-state index contributed by atoms with van der Waals surface area (Å²) in [6.45, 7) is 2.52. The van der Waals surface area contributed by atoms with E-state index >= 15 is 0 Å². The van der Waals surface area contributed by atoms with E-state index in [0.717, 1.165) is 44.0 Å². The highest BCUT2D eigenvalue weighted by molar-refractivity contribution is 7.99. The zero-order valence-electron chi connectivity index (χ0n) is 9.45. The Bertz CT molecular complexity index is 256. The van der Waals surface area contributed by atoms with Gasteiger partial charge in [0.05, 0.1) is 5.75 Å². The van der Waals surface area contributed by atoms with E-state index < -0.39 is 0 Å². The van der Waals surface area contributed by atoms with Gasteiger partial charge in [0.2, 0.25) is 0 Å². The molecule has 4 nitrogen and oxygen atoms in total. The van der Waals surface area contributed by atoms with Crippen LogP contribution in [-0.2, 0) is 0 Å². The van der Waals surface area contributed by atoms with E-state index in [0.29, 0.717) is 6.04 Å². The Labute approximate surface area is 101 Å². The Balaban J connectivity index is 2.04. The van der Waals surface area contributed by atoms with Gasteiger partial charge in [-0.2, -0.15) is 0 Å². The minimum absolute atomic E-state index is 0.303. The van der Waals surface area contributed by atoms with Gasteiger partial charge in [0.15, 0.2) is 0 Å². The second-order valence-corrected chi connectivity index (χ2v) is 4.92. The summed E-state index contributed by atoms with van der Waals surface area (Å²) in [5.41, 5.74) is 5.21. The van der Waals surface area contributed by atoms with E-state index in [-0.39, 0.29) is 6.03 Å². The zero-order chi connectivity index (χ0) is 11.8. The van der Waals surface area contributed by atoms with Gasteiger partial charge in [0, 0.05) is 31.4 Å². The Hall–Kier alpha value is -0.860. The highest BCUT2D eigenvalue weighted by Gasteiger charge is 2.20. The van der Waals surface area contributed by atoms with Crippen LogP contribution in [0, 0.1) is 12.3 Å². The average Bonchev–Trinajstić information content (AvgIpc) is 2.29. The maximum Gasteiger partial charge on any atom is 0.314 e. The van der Waals surface area contributed by atoms with Crippen molar-refractivity contribution < 1.29 is 4.79 Å². The number of thioether (sulfide) groups is 1. The van der Waals surface area contributed by atoms with E-state index in [2.05, 4.69) is 11.2 Å². The molecule has 3 N–H and O–H groups in total. The molecule has 0 saturated carbocycles. The normalized spacial score (nSPS) is 17.1. The molecule has 5 heteroatoms. The fourth-order valence-corrected chi connectivity index (χ4v) is 2.29. The summed E-state index contributed by atoms with van der Waals surface area (Å²) in [5, 5.41) is 3.47. The molecule has 0 spiro atoms. The molecular weight excluding hydrogens is 222 g/mol. The predicted molar refractivity (Wildman–Crippen MR) is 68.3 cm³/mol. The third-order valence-corrected chi connectivity index (χ3v) is 3.54. The van der Waals surface area contributed by atoms with Crippen molar-refractivity contribution in [1.82, 2.24) is 10.2 Å². The number of primary amides is 1. The molecule has 1 fully saturated rings. The van der Waals surface area contributed by atoms with Crippen LogP contribution < -0.4 is 11.1 Å². The number of nitrogens with one attached hydrogen (secondary N) is 1. The third kappa shape index (κ3) is 4.77. The molecule has 16 heavy (non-hydrogen) atoms. The molecule has 2 amide bonds. The summed E-state index contributed by atoms with van der Waals surface area (Å²) in [6, 6.07) is 0.213. The van der Waals surface area contributed by atoms with Crippen molar-refractivity contribution in [2.45, 2.75) is 18.9 Å². The molecule has 0 aliphatic carbocycles. The molecule has 1 rings (SSSR count). The van der Waals surface area contributed by atoms with Crippen LogP contribution in [0.25, 0.3) is 0 Å². The first-order valence-corrected chi connectivity index (χ1v) is 6.68. The lowest BCUT2D eigenvalue weighted by atomic mass is 10.1. The molecule has 0 aromatic carbocycles. The fraction of sp³-hybridized carbons (Fsp3) is 0.727. The van der Waals surface area contributed by atoms with Gasteiger partial charge in [0.1, 0.15) is 0 Å². The van der Waals surface area contributed by atoms with Crippen LogP contribution in [0.3, 0.4) is 0 Å². The molecule has 0 aromatic rings. The van der Waals surface area contributed by atoms with E-state index in [1.807, 2.05) is 0 Å². The van der Waals surface area contributed by atoms with Crippen molar-refractivity contribution in [2.24, 2.45) is 5.73 Å². The van der Waals surface area contributed by atoms with Gasteiger partial charge in [-0.25, -0.2) is 4.79 Å². The monoisotopic (exact) mass is 241 g/mol. The van der Waals surface area contributed by atoms with Gasteiger partial charge in [-0.05, 0) is 12.8 Å². The zero-order valence-corrected chi connectivity index (χ0v) is 10.3. The van der Waals surface area contributed by atoms with Crippen molar-refractivity contribution >= 4 is 17.8 Å². The van der Waals surface area contributed by atoms with Gasteiger partial charge in [-0.15, -0.1) is 18.2 Å². The minimum Gasteiger partial charge on any atom is -0.351 e. The number of piperidine rings is 1. The number of carbonyl (C=O) groups is 1. The number of amides is 2. The Kier molecular flexibility index (Phi) is 6.12. The Morgan fingerprint density at radius 2 is 2.25 bits per heavy atom. The average molecular weight is 241 g/mol. The van der Waals surface area contributed by atoms with Crippen molar-refractivity contribution in [3.05, 3.63) is 0 Å². The third-order valence-electron chi connectivity index (χ3n) is 2.67. The van der Waals surface area contributed by atoms with Gasteiger partial charge < -0.3 is 16.0 Å².